The molecule has 2 aliphatic rings. The number of carboxylic acid groups (broad SMARTS) is 1. The van der Waals surface area contributed by atoms with Crippen LogP contribution in [0.4, 0.5) is 34.6 Å². The first-order valence-electron chi connectivity index (χ1n) is 12.5. The third-order valence-corrected chi connectivity index (χ3v) is 7.03. The first kappa shape index (κ1) is 27.1. The van der Waals surface area contributed by atoms with Gasteiger partial charge in [0.15, 0.2) is 0 Å². The summed E-state index contributed by atoms with van der Waals surface area (Å²) >= 11 is 0. The van der Waals surface area contributed by atoms with Gasteiger partial charge in [-0.3, -0.25) is 4.79 Å². The molecule has 8 nitrogen and oxygen atoms in total. The Balaban J connectivity index is 1.58. The van der Waals surface area contributed by atoms with Gasteiger partial charge in [-0.1, -0.05) is 18.2 Å². The molecule has 2 heterocycles. The zero-order chi connectivity index (χ0) is 28.6. The Hall–Kier alpha value is -4.48. The Labute approximate surface area is 227 Å². The van der Waals surface area contributed by atoms with Gasteiger partial charge in [-0.05, 0) is 36.4 Å². The van der Waals surface area contributed by atoms with Crippen LogP contribution in [0.15, 0.2) is 65.7 Å². The van der Waals surface area contributed by atoms with E-state index in [-0.39, 0.29) is 22.9 Å². The summed E-state index contributed by atoms with van der Waals surface area (Å²) in [4.78, 5) is 21.6. The number of halogens is 4. The van der Waals surface area contributed by atoms with Crippen LogP contribution in [0.5, 0.6) is 11.5 Å². The van der Waals surface area contributed by atoms with Crippen molar-refractivity contribution in [1.29, 1.82) is 0 Å². The number of aliphatic imine (C=N–C) groups is 1. The predicted octanol–water partition coefficient (Wildman–Crippen LogP) is 5.40. The molecule has 210 valence electrons. The second-order valence-corrected chi connectivity index (χ2v) is 9.45. The molecule has 12 heteroatoms. The van der Waals surface area contributed by atoms with E-state index in [9.17, 15) is 32.6 Å². The lowest BCUT2D eigenvalue weighted by atomic mass is 9.96. The number of phenols is 1. The number of aliphatic carboxylic acids is 1. The maximum Gasteiger partial charge on any atom is 0.416 e. The summed E-state index contributed by atoms with van der Waals surface area (Å²) < 4.78 is 61.3. The summed E-state index contributed by atoms with van der Waals surface area (Å²) in [7, 11) is 1.57. The minimum absolute atomic E-state index is 0.0590. The molecule has 2 N–H and O–H groups in total. The maximum atomic E-state index is 15.0. The molecule has 0 aliphatic carbocycles. The topological polar surface area (TPSA) is 88.8 Å². The number of phenolic OH excluding ortho intramolecular Hbond substituents is 1. The lowest BCUT2D eigenvalue weighted by Crippen LogP contribution is -2.55. The number of aromatic hydroxyl groups is 1. The number of benzene rings is 3. The zero-order valence-corrected chi connectivity index (χ0v) is 21.4. The van der Waals surface area contributed by atoms with E-state index < -0.39 is 41.7 Å². The Morgan fingerprint density at radius 1 is 1.02 bits per heavy atom. The van der Waals surface area contributed by atoms with Crippen molar-refractivity contribution in [3.63, 3.8) is 0 Å². The van der Waals surface area contributed by atoms with Crippen molar-refractivity contribution in [3.05, 3.63) is 77.6 Å². The first-order chi connectivity index (χ1) is 19.1. The Bertz CT molecular complexity index is 1450. The molecule has 40 heavy (non-hydrogen) atoms. The quantitative estimate of drug-likeness (QED) is 0.405. The smallest absolute Gasteiger partial charge is 0.416 e. The fraction of sp³-hybridized carbons (Fsp3) is 0.286. The minimum atomic E-state index is -4.72. The summed E-state index contributed by atoms with van der Waals surface area (Å²) in [6.07, 6.45) is -5.29. The highest BCUT2D eigenvalue weighted by Gasteiger charge is 2.40. The van der Waals surface area contributed by atoms with Crippen molar-refractivity contribution in [1.82, 2.24) is 4.90 Å². The van der Waals surface area contributed by atoms with Crippen molar-refractivity contribution >= 4 is 29.0 Å². The molecule has 5 rings (SSSR count). The van der Waals surface area contributed by atoms with E-state index in [0.717, 1.165) is 23.9 Å². The van der Waals surface area contributed by atoms with E-state index in [1.165, 1.54) is 23.1 Å². The third kappa shape index (κ3) is 5.21. The van der Waals surface area contributed by atoms with Crippen molar-refractivity contribution in [2.45, 2.75) is 18.6 Å². The van der Waals surface area contributed by atoms with Gasteiger partial charge >= 0.3 is 12.1 Å². The number of guanidine groups is 1. The number of alkyl halides is 3. The molecular weight excluding hydrogens is 532 g/mol. The monoisotopic (exact) mass is 558 g/mol. The number of carbonyl (C=O) groups is 1. The van der Waals surface area contributed by atoms with Crippen molar-refractivity contribution in [2.75, 3.05) is 43.1 Å². The molecule has 3 aromatic carbocycles. The number of rotatable bonds is 5. The lowest BCUT2D eigenvalue weighted by Gasteiger charge is -2.45. The normalized spacial score (nSPS) is 17.4. The molecule has 0 bridgehead atoms. The van der Waals surface area contributed by atoms with Crippen LogP contribution in [0.2, 0.25) is 0 Å². The van der Waals surface area contributed by atoms with E-state index >= 15 is 0 Å². The van der Waals surface area contributed by atoms with Gasteiger partial charge in [0.05, 0.1) is 30.8 Å². The molecular formula is C28H26F4N4O4. The van der Waals surface area contributed by atoms with Crippen LogP contribution in [0.1, 0.15) is 23.6 Å². The number of methoxy groups -OCH3 is 1. The van der Waals surface area contributed by atoms with Crippen LogP contribution in [0.25, 0.3) is 0 Å². The number of hydrogen-bond acceptors (Lipinski definition) is 7. The fourth-order valence-corrected chi connectivity index (χ4v) is 5.08. The highest BCUT2D eigenvalue weighted by atomic mass is 19.4. The van der Waals surface area contributed by atoms with Crippen LogP contribution in [-0.2, 0) is 11.0 Å². The van der Waals surface area contributed by atoms with E-state index in [1.807, 2.05) is 24.3 Å². The average Bonchev–Trinajstić information content (AvgIpc) is 2.93. The van der Waals surface area contributed by atoms with Gasteiger partial charge in [-0.2, -0.15) is 13.2 Å². The summed E-state index contributed by atoms with van der Waals surface area (Å²) in [5.74, 6) is -1.69. The molecule has 0 saturated carbocycles. The van der Waals surface area contributed by atoms with Gasteiger partial charge in [0.1, 0.15) is 23.0 Å². The number of ether oxygens (including phenoxy) is 1. The highest BCUT2D eigenvalue weighted by Crippen LogP contribution is 2.45. The van der Waals surface area contributed by atoms with Gasteiger partial charge < -0.3 is 29.6 Å². The van der Waals surface area contributed by atoms with E-state index in [2.05, 4.69) is 9.89 Å². The molecule has 0 aromatic heterocycles. The average molecular weight is 559 g/mol. The second kappa shape index (κ2) is 10.6. The summed E-state index contributed by atoms with van der Waals surface area (Å²) in [5.41, 5.74) is -0.275. The zero-order valence-electron chi connectivity index (χ0n) is 21.4. The number of anilines is 2. The number of nitrogens with zero attached hydrogens (tertiary/aromatic N) is 4. The predicted molar refractivity (Wildman–Crippen MR) is 141 cm³/mol. The standard InChI is InChI=1S/C28H26F4N4O4/c1-40-19-5-2-4-18(15-19)34-10-12-35(13-11-34)27-33-26-20(6-3-7-21(26)29)22(16-25(38)39)36(27)23-14-17(28(30,31)32)8-9-24(23)37/h2-9,14-15,22,37H,10-13,16H2,1H3,(H,38,39). The van der Waals surface area contributed by atoms with Crippen LogP contribution < -0.4 is 14.5 Å². The largest absolute Gasteiger partial charge is 0.506 e. The van der Waals surface area contributed by atoms with Gasteiger partial charge in [0, 0.05) is 43.5 Å². The molecule has 1 fully saturated rings. The van der Waals surface area contributed by atoms with Gasteiger partial charge in [-0.15, -0.1) is 0 Å². The maximum absolute atomic E-state index is 15.0. The van der Waals surface area contributed by atoms with Gasteiger partial charge in [0.2, 0.25) is 5.96 Å². The SMILES string of the molecule is COc1cccc(N2CCN(C3=Nc4c(F)cccc4C(CC(=O)O)N3c3cc(C(F)(F)F)ccc3O)CC2)c1. The summed E-state index contributed by atoms with van der Waals surface area (Å²) in [5, 5.41) is 20.5. The third-order valence-electron chi connectivity index (χ3n) is 7.03. The minimum Gasteiger partial charge on any atom is -0.506 e. The second-order valence-electron chi connectivity index (χ2n) is 9.45. The number of fused-ring (bicyclic) bond motifs is 1. The number of para-hydroxylation sites is 1. The Morgan fingerprint density at radius 3 is 2.40 bits per heavy atom. The number of carboxylic acids is 1. The van der Waals surface area contributed by atoms with Crippen LogP contribution in [0, 0.1) is 5.82 Å². The van der Waals surface area contributed by atoms with Gasteiger partial charge in [-0.25, -0.2) is 9.38 Å². The molecule has 3 aromatic rings. The molecule has 1 saturated heterocycles. The summed E-state index contributed by atoms with van der Waals surface area (Å²) in [6, 6.07) is 12.8. The Morgan fingerprint density at radius 2 is 1.73 bits per heavy atom. The van der Waals surface area contributed by atoms with Crippen LogP contribution in [-0.4, -0.2) is 60.3 Å². The Kier molecular flexibility index (Phi) is 7.17. The molecule has 0 spiro atoms. The van der Waals surface area contributed by atoms with Crippen molar-refractivity contribution in [2.24, 2.45) is 4.99 Å². The fourth-order valence-electron chi connectivity index (χ4n) is 5.08. The summed E-state index contributed by atoms with van der Waals surface area (Å²) in [6.45, 7) is 1.66. The van der Waals surface area contributed by atoms with E-state index in [0.29, 0.717) is 31.9 Å². The molecule has 0 amide bonds. The number of piperazine rings is 1. The van der Waals surface area contributed by atoms with E-state index in [1.54, 1.807) is 12.0 Å². The van der Waals surface area contributed by atoms with Crippen LogP contribution >= 0.6 is 0 Å². The van der Waals surface area contributed by atoms with Gasteiger partial charge in [0.25, 0.3) is 0 Å². The first-order valence-corrected chi connectivity index (χ1v) is 12.5. The van der Waals surface area contributed by atoms with Crippen molar-refractivity contribution < 1.29 is 37.3 Å². The molecule has 0 radical (unpaired) electrons. The number of hydrogen-bond donors (Lipinski definition) is 2. The highest BCUT2D eigenvalue weighted by molar-refractivity contribution is 6.02. The molecule has 2 aliphatic heterocycles. The van der Waals surface area contributed by atoms with E-state index in [4.69, 9.17) is 4.74 Å². The van der Waals surface area contributed by atoms with Crippen molar-refractivity contribution in [3.8, 4) is 11.5 Å². The molecule has 1 unspecified atom stereocenters. The molecule has 1 atom stereocenters. The van der Waals surface area contributed by atoms with Crippen LogP contribution in [0.3, 0.4) is 0 Å². The lowest BCUT2D eigenvalue weighted by molar-refractivity contribution is -0.138.